The van der Waals surface area contributed by atoms with E-state index in [0.29, 0.717) is 5.56 Å². The van der Waals surface area contributed by atoms with Crippen molar-refractivity contribution in [1.29, 1.82) is 0 Å². The van der Waals surface area contributed by atoms with E-state index in [9.17, 15) is 24.8 Å². The van der Waals surface area contributed by atoms with Crippen LogP contribution in [-0.2, 0) is 16.1 Å². The second-order valence-electron chi connectivity index (χ2n) is 8.65. The fourth-order valence-electron chi connectivity index (χ4n) is 3.95. The standard InChI is InChI=1S/C27H30N6O5/c28-22(25(29)32-33(37)38)14-15-23(26(35)30-17-18-8-7-13-21(34)16-18)31-27(36)24(19-9-3-1-4-10-19)20-11-5-2-6-12-20/h1-13,16,22-24,34H,14-15,17,28H2,(H2,29,32)(H,30,35)(H,31,36)/t22?,23-/m0/s1. The van der Waals surface area contributed by atoms with Gasteiger partial charge < -0.3 is 27.2 Å². The van der Waals surface area contributed by atoms with Gasteiger partial charge in [0.15, 0.2) is 10.9 Å². The number of nitrogens with one attached hydrogen (secondary N) is 2. The Morgan fingerprint density at radius 1 is 0.921 bits per heavy atom. The number of nitro groups is 1. The number of nitrogens with two attached hydrogens (primary N) is 2. The van der Waals surface area contributed by atoms with E-state index in [-0.39, 0.29) is 31.0 Å². The number of benzene rings is 3. The lowest BCUT2D eigenvalue weighted by molar-refractivity contribution is -0.485. The summed E-state index contributed by atoms with van der Waals surface area (Å²) in [7, 11) is 0. The molecule has 38 heavy (non-hydrogen) atoms. The summed E-state index contributed by atoms with van der Waals surface area (Å²) in [4.78, 5) is 37.4. The Morgan fingerprint density at radius 2 is 1.53 bits per heavy atom. The highest BCUT2D eigenvalue weighted by Gasteiger charge is 2.28. The Kier molecular flexibility index (Phi) is 9.89. The van der Waals surface area contributed by atoms with Crippen LogP contribution in [0.25, 0.3) is 0 Å². The summed E-state index contributed by atoms with van der Waals surface area (Å²) in [5, 5.41) is 28.0. The van der Waals surface area contributed by atoms with Gasteiger partial charge in [0.05, 0.1) is 17.1 Å². The van der Waals surface area contributed by atoms with E-state index in [1.165, 1.54) is 12.1 Å². The average molecular weight is 519 g/mol. The largest absolute Gasteiger partial charge is 0.508 e. The molecule has 3 rings (SSSR count). The predicted molar refractivity (Wildman–Crippen MR) is 142 cm³/mol. The number of aromatic hydroxyl groups is 1. The Bertz CT molecular complexity index is 1230. The van der Waals surface area contributed by atoms with Crippen LogP contribution in [-0.4, -0.2) is 39.9 Å². The molecule has 0 aliphatic carbocycles. The number of hydrazone groups is 1. The maximum Gasteiger partial charge on any atom is 0.242 e. The molecule has 0 spiro atoms. The molecule has 1 unspecified atom stereocenters. The van der Waals surface area contributed by atoms with Crippen molar-refractivity contribution in [2.75, 3.05) is 0 Å². The molecule has 0 aromatic heterocycles. The molecule has 3 aromatic rings. The fourth-order valence-corrected chi connectivity index (χ4v) is 3.95. The molecule has 2 atom stereocenters. The third kappa shape index (κ3) is 8.14. The van der Waals surface area contributed by atoms with Crippen molar-refractivity contribution in [3.05, 3.63) is 112 Å². The number of amidine groups is 1. The van der Waals surface area contributed by atoms with E-state index in [1.807, 2.05) is 60.7 Å². The average Bonchev–Trinajstić information content (AvgIpc) is 2.90. The summed E-state index contributed by atoms with van der Waals surface area (Å²) in [6.45, 7) is 0.109. The van der Waals surface area contributed by atoms with Gasteiger partial charge in [-0.15, -0.1) is 0 Å². The monoisotopic (exact) mass is 518 g/mol. The SMILES string of the molecule is NC(=N[N+](=O)[O-])C(N)CC[C@H](NC(=O)C(c1ccccc1)c1ccccc1)C(=O)NCc1cccc(O)c1. The van der Waals surface area contributed by atoms with Crippen molar-refractivity contribution in [3.8, 4) is 5.75 Å². The predicted octanol–water partition coefficient (Wildman–Crippen LogP) is 1.98. The highest BCUT2D eigenvalue weighted by Crippen LogP contribution is 2.25. The summed E-state index contributed by atoms with van der Waals surface area (Å²) in [5.74, 6) is -1.90. The lowest BCUT2D eigenvalue weighted by Gasteiger charge is -2.24. The molecule has 7 N–H and O–H groups in total. The van der Waals surface area contributed by atoms with Crippen molar-refractivity contribution < 1.29 is 19.7 Å². The first-order valence-electron chi connectivity index (χ1n) is 11.9. The van der Waals surface area contributed by atoms with Crippen LogP contribution in [0.4, 0.5) is 0 Å². The van der Waals surface area contributed by atoms with E-state index in [4.69, 9.17) is 11.5 Å². The van der Waals surface area contributed by atoms with Gasteiger partial charge in [-0.3, -0.25) is 9.59 Å². The van der Waals surface area contributed by atoms with Crippen LogP contribution in [0.2, 0.25) is 0 Å². The molecule has 0 aliphatic rings. The molecule has 198 valence electrons. The van der Waals surface area contributed by atoms with E-state index < -0.39 is 34.8 Å². The van der Waals surface area contributed by atoms with Gasteiger partial charge >= 0.3 is 0 Å². The maximum atomic E-state index is 13.6. The van der Waals surface area contributed by atoms with E-state index in [1.54, 1.807) is 12.1 Å². The van der Waals surface area contributed by atoms with E-state index >= 15 is 0 Å². The Morgan fingerprint density at radius 3 is 2.08 bits per heavy atom. The summed E-state index contributed by atoms with van der Waals surface area (Å²) < 4.78 is 0. The van der Waals surface area contributed by atoms with Crippen molar-refractivity contribution in [2.24, 2.45) is 16.6 Å². The van der Waals surface area contributed by atoms with E-state index in [2.05, 4.69) is 15.7 Å². The Balaban J connectivity index is 1.82. The van der Waals surface area contributed by atoms with Crippen LogP contribution in [0.3, 0.4) is 0 Å². The van der Waals surface area contributed by atoms with Crippen LogP contribution < -0.4 is 22.1 Å². The summed E-state index contributed by atoms with van der Waals surface area (Å²) in [6, 6.07) is 22.7. The summed E-state index contributed by atoms with van der Waals surface area (Å²) in [6.07, 6.45) is 0.0953. The minimum Gasteiger partial charge on any atom is -0.508 e. The van der Waals surface area contributed by atoms with Gasteiger partial charge in [-0.05, 0) is 41.7 Å². The molecule has 2 amide bonds. The van der Waals surface area contributed by atoms with Gasteiger partial charge in [0.1, 0.15) is 11.8 Å². The molecule has 3 aromatic carbocycles. The molecule has 0 fully saturated rings. The first kappa shape index (κ1) is 27.8. The highest BCUT2D eigenvalue weighted by molar-refractivity contribution is 5.92. The quantitative estimate of drug-likeness (QED) is 0.105. The number of amides is 2. The Hall–Kier alpha value is -4.77. The second-order valence-corrected chi connectivity index (χ2v) is 8.65. The molecular formula is C27H30N6O5. The van der Waals surface area contributed by atoms with Gasteiger partial charge in [0, 0.05) is 6.54 Å². The minimum absolute atomic E-state index is 0.0447. The maximum absolute atomic E-state index is 13.6. The number of rotatable bonds is 12. The summed E-state index contributed by atoms with van der Waals surface area (Å²) >= 11 is 0. The lowest BCUT2D eigenvalue weighted by Crippen LogP contribution is -2.49. The number of carbonyl (C=O) groups is 2. The van der Waals surface area contributed by atoms with E-state index in [0.717, 1.165) is 11.1 Å². The van der Waals surface area contributed by atoms with Crippen LogP contribution in [0.5, 0.6) is 5.75 Å². The smallest absolute Gasteiger partial charge is 0.242 e. The lowest BCUT2D eigenvalue weighted by atomic mass is 9.90. The number of phenols is 1. The normalized spacial score (nSPS) is 12.9. The molecule has 0 saturated carbocycles. The van der Waals surface area contributed by atoms with Crippen LogP contribution in [0.15, 0.2) is 90.0 Å². The first-order chi connectivity index (χ1) is 18.2. The molecule has 11 nitrogen and oxygen atoms in total. The molecule has 0 aliphatic heterocycles. The summed E-state index contributed by atoms with van der Waals surface area (Å²) in [5.41, 5.74) is 13.7. The molecular weight excluding hydrogens is 488 g/mol. The molecule has 0 radical (unpaired) electrons. The number of nitrogens with zero attached hydrogens (tertiary/aromatic N) is 2. The number of hydrogen-bond donors (Lipinski definition) is 5. The third-order valence-corrected chi connectivity index (χ3v) is 5.88. The minimum atomic E-state index is -1.02. The highest BCUT2D eigenvalue weighted by atomic mass is 16.7. The van der Waals surface area contributed by atoms with Crippen molar-refractivity contribution in [3.63, 3.8) is 0 Å². The van der Waals surface area contributed by atoms with Crippen molar-refractivity contribution in [1.82, 2.24) is 10.6 Å². The topological polar surface area (TPSA) is 186 Å². The fraction of sp³-hybridized carbons (Fsp3) is 0.222. The van der Waals surface area contributed by atoms with Gasteiger partial charge in [0.25, 0.3) is 0 Å². The van der Waals surface area contributed by atoms with Crippen LogP contribution in [0, 0.1) is 10.1 Å². The molecule has 0 heterocycles. The second kappa shape index (κ2) is 13.5. The number of phenolic OH excluding ortho intramolecular Hbond substituents is 1. The number of hydrogen-bond acceptors (Lipinski definition) is 6. The van der Waals surface area contributed by atoms with Gasteiger partial charge in [0.2, 0.25) is 11.8 Å². The van der Waals surface area contributed by atoms with Gasteiger partial charge in [-0.25, -0.2) is 10.1 Å². The van der Waals surface area contributed by atoms with Crippen molar-refractivity contribution >= 4 is 17.6 Å². The van der Waals surface area contributed by atoms with Crippen LogP contribution in [0.1, 0.15) is 35.4 Å². The van der Waals surface area contributed by atoms with Crippen LogP contribution >= 0.6 is 0 Å². The van der Waals surface area contributed by atoms with Gasteiger partial charge in [-0.2, -0.15) is 0 Å². The zero-order valence-corrected chi connectivity index (χ0v) is 20.6. The first-order valence-corrected chi connectivity index (χ1v) is 11.9. The Labute approximate surface area is 219 Å². The zero-order valence-electron chi connectivity index (χ0n) is 20.6. The van der Waals surface area contributed by atoms with Crippen molar-refractivity contribution in [2.45, 2.75) is 37.4 Å². The van der Waals surface area contributed by atoms with Gasteiger partial charge in [-0.1, -0.05) is 72.8 Å². The molecule has 0 bridgehead atoms. The third-order valence-electron chi connectivity index (χ3n) is 5.88. The zero-order chi connectivity index (χ0) is 27.5. The molecule has 11 heteroatoms. The number of carbonyl (C=O) groups excluding carboxylic acids is 2. The molecule has 0 saturated heterocycles.